The molecule has 0 unspecified atom stereocenters. The van der Waals surface area contributed by atoms with Crippen molar-refractivity contribution in [2.75, 3.05) is 14.7 Å². The van der Waals surface area contributed by atoms with Crippen LogP contribution in [0.3, 0.4) is 0 Å². The highest BCUT2D eigenvalue weighted by Crippen LogP contribution is 2.42. The molecule has 0 spiro atoms. The van der Waals surface area contributed by atoms with E-state index in [2.05, 4.69) is 30.3 Å². The largest absolute Gasteiger partial charge is 0.440 e. The standard InChI is InChI=1S/C30H17Cl2NO3.C30H19NO3.C26H16FNO3/c31-20-5-9-22(10-6-20)33(23-11-7-21(32)8-12-23)28-14-13-24(36-28)17-27-29(34)25-15-18-3-1-2-4-19(18)16-26(25)30(27)35;32-29-25-12-6-7-13-26(25)30(33)27(29)19-24-16-17-28(34-24)31(22-10-2-1-3-11-22)23-15-14-20-8-4-5-9-21(20)18-23;27-17-10-12-19(13-11-17)28(18-6-2-1-3-7-18)24-15-14-20(31-24)16-23-25(29)21-8-4-5-9-22(21)26(23)30/h1-17H;1-19H;1-16H. The highest BCUT2D eigenvalue weighted by molar-refractivity contribution is 6.43. The van der Waals surface area contributed by atoms with Crippen molar-refractivity contribution < 1.29 is 46.4 Å². The molecule has 3 aromatic heterocycles. The van der Waals surface area contributed by atoms with Gasteiger partial charge in [0.05, 0.1) is 16.7 Å². The normalized spacial score (nSPS) is 12.8. The first kappa shape index (κ1) is 64.0. The molecule has 12 nitrogen and oxygen atoms in total. The van der Waals surface area contributed by atoms with Crippen molar-refractivity contribution >= 4 is 149 Å². The number of para-hydroxylation sites is 2. The third kappa shape index (κ3) is 12.8. The lowest BCUT2D eigenvalue weighted by molar-refractivity contribution is 0.0974. The zero-order valence-corrected chi connectivity index (χ0v) is 54.7. The molecule has 0 bridgehead atoms. The SMILES string of the molecule is O=C1C(=Cc2ccc(N(c3ccc(Cl)cc3)c3ccc(Cl)cc3)o2)C(=O)c2cc3ccccc3cc21.O=C1C(=Cc2ccc(N(c3ccccc3)c3ccc(F)cc3)o2)C(=O)c2ccccc21.O=C1C(=Cc2ccc(N(c3ccccc3)c3ccc4ccccc4c3)o2)C(=O)c2ccccc21. The molecule has 15 heteroatoms. The first-order chi connectivity index (χ1) is 49.3. The molecule has 486 valence electrons. The Balaban J connectivity index is 0.000000123. The fourth-order valence-electron chi connectivity index (χ4n) is 12.4. The summed E-state index contributed by atoms with van der Waals surface area (Å²) in [5.74, 6) is 0.693. The van der Waals surface area contributed by atoms with Crippen LogP contribution in [0.4, 0.5) is 56.2 Å². The summed E-state index contributed by atoms with van der Waals surface area (Å²) in [4.78, 5) is 82.9. The molecule has 0 fully saturated rings. The minimum atomic E-state index is -0.334. The van der Waals surface area contributed by atoms with Crippen LogP contribution >= 0.6 is 23.2 Å². The molecule has 0 saturated carbocycles. The van der Waals surface area contributed by atoms with Crippen molar-refractivity contribution in [1.82, 2.24) is 0 Å². The number of allylic oxidation sites excluding steroid dienone is 3. The number of fused-ring (bicyclic) bond motifs is 5. The van der Waals surface area contributed by atoms with E-state index in [0.29, 0.717) is 84.0 Å². The van der Waals surface area contributed by atoms with E-state index in [1.54, 1.807) is 127 Å². The van der Waals surface area contributed by atoms with E-state index >= 15 is 0 Å². The third-order valence-electron chi connectivity index (χ3n) is 17.3. The topological polar surface area (TPSA) is 152 Å². The molecule has 0 atom stereocenters. The summed E-state index contributed by atoms with van der Waals surface area (Å²) in [5.41, 5.74) is 7.87. The number of furan rings is 3. The summed E-state index contributed by atoms with van der Waals surface area (Å²) < 4.78 is 31.8. The van der Waals surface area contributed by atoms with E-state index in [1.165, 1.54) is 30.4 Å². The summed E-state index contributed by atoms with van der Waals surface area (Å²) in [5, 5.41) is 5.34. The van der Waals surface area contributed by atoms with Gasteiger partial charge in [0.15, 0.2) is 34.7 Å². The van der Waals surface area contributed by atoms with Crippen LogP contribution in [0.15, 0.2) is 327 Å². The van der Waals surface area contributed by atoms with Gasteiger partial charge in [-0.2, -0.15) is 0 Å². The molecule has 0 N–H and O–H groups in total. The maximum absolute atomic E-state index is 13.5. The van der Waals surface area contributed by atoms with Crippen LogP contribution in [0.5, 0.6) is 0 Å². The Hall–Kier alpha value is -13.1. The molecule has 14 aromatic rings. The van der Waals surface area contributed by atoms with Crippen molar-refractivity contribution in [2.45, 2.75) is 0 Å². The van der Waals surface area contributed by atoms with Gasteiger partial charge in [-0.3, -0.25) is 43.5 Å². The van der Waals surface area contributed by atoms with Gasteiger partial charge in [0.25, 0.3) is 0 Å². The van der Waals surface area contributed by atoms with Crippen LogP contribution in [0.2, 0.25) is 10.0 Å². The summed E-state index contributed by atoms with van der Waals surface area (Å²) >= 11 is 12.2. The minimum Gasteiger partial charge on any atom is -0.440 e. The number of carbonyl (C=O) groups excluding carboxylic acids is 6. The Kier molecular flexibility index (Phi) is 17.4. The zero-order chi connectivity index (χ0) is 69.3. The number of rotatable bonds is 12. The molecule has 3 aliphatic rings. The highest BCUT2D eigenvalue weighted by Gasteiger charge is 2.36. The van der Waals surface area contributed by atoms with Crippen LogP contribution < -0.4 is 14.7 Å². The fourth-order valence-corrected chi connectivity index (χ4v) is 12.7. The lowest BCUT2D eigenvalue weighted by atomic mass is 10.0. The number of Topliss-reactive ketones (excluding diaryl/α,β-unsaturated/α-hetero) is 6. The number of carbonyl (C=O) groups is 6. The molecule has 3 aliphatic carbocycles. The van der Waals surface area contributed by atoms with Crippen molar-refractivity contribution in [3.8, 4) is 0 Å². The van der Waals surface area contributed by atoms with Crippen LogP contribution in [0.25, 0.3) is 39.8 Å². The van der Waals surface area contributed by atoms with Gasteiger partial charge < -0.3 is 13.3 Å². The van der Waals surface area contributed by atoms with E-state index in [4.69, 9.17) is 36.5 Å². The number of hydrogen-bond acceptors (Lipinski definition) is 12. The van der Waals surface area contributed by atoms with Crippen LogP contribution in [-0.2, 0) is 0 Å². The van der Waals surface area contributed by atoms with Crippen molar-refractivity contribution in [3.63, 3.8) is 0 Å². The predicted octanol–water partition coefficient (Wildman–Crippen LogP) is 22.4. The third-order valence-corrected chi connectivity index (χ3v) is 17.8. The van der Waals surface area contributed by atoms with Gasteiger partial charge >= 0.3 is 0 Å². The second kappa shape index (κ2) is 27.4. The van der Waals surface area contributed by atoms with Gasteiger partial charge in [0.2, 0.25) is 17.7 Å². The van der Waals surface area contributed by atoms with Crippen molar-refractivity contribution in [1.29, 1.82) is 0 Å². The Labute approximate surface area is 587 Å². The summed E-state index contributed by atoms with van der Waals surface area (Å²) in [6, 6.07) is 90.1. The predicted molar refractivity (Wildman–Crippen MR) is 394 cm³/mol. The smallest absolute Gasteiger partial charge is 0.205 e. The number of benzene rings is 11. The van der Waals surface area contributed by atoms with Gasteiger partial charge in [0, 0.05) is 95.7 Å². The molecule has 3 heterocycles. The number of ketones is 6. The minimum absolute atomic E-state index is 0.0788. The Morgan fingerprint density at radius 2 is 0.535 bits per heavy atom. The second-order valence-corrected chi connectivity index (χ2v) is 24.5. The van der Waals surface area contributed by atoms with Gasteiger partial charge in [-0.1, -0.05) is 163 Å². The molecule has 101 heavy (non-hydrogen) atoms. The second-order valence-electron chi connectivity index (χ2n) is 23.7. The van der Waals surface area contributed by atoms with Gasteiger partial charge in [0.1, 0.15) is 23.1 Å². The Morgan fingerprint density at radius 3 is 0.901 bits per heavy atom. The molecule has 0 saturated heterocycles. The number of hydrogen-bond donors (Lipinski definition) is 0. The van der Waals surface area contributed by atoms with E-state index in [9.17, 15) is 33.2 Å². The molecular weight excluding hydrogens is 1310 g/mol. The van der Waals surface area contributed by atoms with E-state index in [0.717, 1.165) is 50.0 Å². The average molecular weight is 1360 g/mol. The zero-order valence-electron chi connectivity index (χ0n) is 53.2. The van der Waals surface area contributed by atoms with E-state index in [-0.39, 0.29) is 57.2 Å². The van der Waals surface area contributed by atoms with Gasteiger partial charge in [-0.05, 0) is 179 Å². The van der Waals surface area contributed by atoms with E-state index in [1.807, 2.05) is 142 Å². The van der Waals surface area contributed by atoms with Gasteiger partial charge in [-0.15, -0.1) is 0 Å². The molecule has 0 amide bonds. The average Bonchev–Trinajstić information content (AvgIpc) is 1.45. The number of halogens is 3. The summed E-state index contributed by atoms with van der Waals surface area (Å²) in [6.07, 6.45) is 4.53. The lowest BCUT2D eigenvalue weighted by Gasteiger charge is -2.22. The van der Waals surface area contributed by atoms with E-state index < -0.39 is 0 Å². The van der Waals surface area contributed by atoms with Crippen molar-refractivity contribution in [3.05, 3.63) is 380 Å². The highest BCUT2D eigenvalue weighted by atomic mass is 35.5. The van der Waals surface area contributed by atoms with Crippen LogP contribution in [0.1, 0.15) is 79.4 Å². The summed E-state index contributed by atoms with van der Waals surface area (Å²) in [6.45, 7) is 0. The number of nitrogens with zero attached hydrogens (tertiary/aromatic N) is 3. The Bertz CT molecular complexity index is 5540. The fraction of sp³-hybridized carbons (Fsp3) is 0. The van der Waals surface area contributed by atoms with Crippen LogP contribution in [-0.4, -0.2) is 34.7 Å². The molecule has 11 aromatic carbocycles. The van der Waals surface area contributed by atoms with Crippen LogP contribution in [0, 0.1) is 5.82 Å². The molecule has 0 radical (unpaired) electrons. The molecular formula is C86H52Cl2FN3O9. The molecule has 17 rings (SSSR count). The summed E-state index contributed by atoms with van der Waals surface area (Å²) in [7, 11) is 0. The maximum atomic E-state index is 13.5. The monoisotopic (exact) mass is 1360 g/mol. The first-order valence-corrected chi connectivity index (χ1v) is 32.7. The number of anilines is 9. The Morgan fingerprint density at radius 1 is 0.257 bits per heavy atom. The maximum Gasteiger partial charge on any atom is 0.205 e. The van der Waals surface area contributed by atoms with Gasteiger partial charge in [-0.25, -0.2) is 4.39 Å². The quantitative estimate of drug-likeness (QED) is 0.0845. The lowest BCUT2D eigenvalue weighted by Crippen LogP contribution is -2.08. The van der Waals surface area contributed by atoms with Crippen molar-refractivity contribution in [2.24, 2.45) is 0 Å². The molecule has 0 aliphatic heterocycles. The first-order valence-electron chi connectivity index (χ1n) is 32.0.